The molecule has 1 aliphatic rings. The molecule has 1 rings (SSSR count). The zero-order valence-electron chi connectivity index (χ0n) is 10.9. The average molecular weight is 242 g/mol. The SMILES string of the molecule is CCCCCN1CCN(CCCCC)C1=S. The van der Waals surface area contributed by atoms with Gasteiger partial charge in [-0.1, -0.05) is 39.5 Å². The smallest absolute Gasteiger partial charge is 0.171 e. The van der Waals surface area contributed by atoms with Crippen LogP contribution in [0.15, 0.2) is 0 Å². The van der Waals surface area contributed by atoms with E-state index >= 15 is 0 Å². The van der Waals surface area contributed by atoms with Gasteiger partial charge in [0.2, 0.25) is 0 Å². The molecule has 1 heterocycles. The zero-order chi connectivity index (χ0) is 11.8. The standard InChI is InChI=1S/C13H26N2S/c1-3-5-7-9-14-11-12-15(13(14)16)10-8-6-4-2/h3-12H2,1-2H3. The van der Waals surface area contributed by atoms with E-state index in [1.807, 2.05) is 0 Å². The van der Waals surface area contributed by atoms with Crippen molar-refractivity contribution in [3.63, 3.8) is 0 Å². The predicted octanol–water partition coefficient (Wildman–Crippen LogP) is 3.27. The highest BCUT2D eigenvalue weighted by atomic mass is 32.1. The molecule has 0 amide bonds. The van der Waals surface area contributed by atoms with Crippen LogP contribution in [-0.4, -0.2) is 41.1 Å². The zero-order valence-corrected chi connectivity index (χ0v) is 11.7. The van der Waals surface area contributed by atoms with Crippen LogP contribution in [-0.2, 0) is 0 Å². The third-order valence-electron chi connectivity index (χ3n) is 3.24. The summed E-state index contributed by atoms with van der Waals surface area (Å²) in [6.45, 7) is 9.12. The van der Waals surface area contributed by atoms with Crippen LogP contribution in [0.3, 0.4) is 0 Å². The third kappa shape index (κ3) is 4.28. The normalized spacial score (nSPS) is 16.2. The van der Waals surface area contributed by atoms with Crippen molar-refractivity contribution in [3.05, 3.63) is 0 Å². The van der Waals surface area contributed by atoms with E-state index in [4.69, 9.17) is 12.2 Å². The van der Waals surface area contributed by atoms with Gasteiger partial charge in [0.25, 0.3) is 0 Å². The summed E-state index contributed by atoms with van der Waals surface area (Å²) in [4.78, 5) is 4.77. The van der Waals surface area contributed by atoms with E-state index in [-0.39, 0.29) is 0 Å². The highest BCUT2D eigenvalue weighted by Gasteiger charge is 2.23. The van der Waals surface area contributed by atoms with Crippen molar-refractivity contribution in [3.8, 4) is 0 Å². The molecule has 94 valence electrons. The second-order valence-corrected chi connectivity index (χ2v) is 5.04. The minimum atomic E-state index is 1.10. The van der Waals surface area contributed by atoms with Gasteiger partial charge >= 0.3 is 0 Å². The molecular formula is C13H26N2S. The Balaban J connectivity index is 2.19. The average Bonchev–Trinajstić information content (AvgIpc) is 2.62. The largest absolute Gasteiger partial charge is 0.347 e. The summed E-state index contributed by atoms with van der Waals surface area (Å²) >= 11 is 5.51. The molecule has 1 fully saturated rings. The Morgan fingerprint density at radius 3 is 1.69 bits per heavy atom. The van der Waals surface area contributed by atoms with E-state index in [2.05, 4.69) is 23.6 Å². The molecule has 2 nitrogen and oxygen atoms in total. The fourth-order valence-electron chi connectivity index (χ4n) is 2.15. The van der Waals surface area contributed by atoms with Crippen LogP contribution in [0, 0.1) is 0 Å². The minimum Gasteiger partial charge on any atom is -0.347 e. The molecule has 0 spiro atoms. The van der Waals surface area contributed by atoms with E-state index in [0.29, 0.717) is 0 Å². The summed E-state index contributed by atoms with van der Waals surface area (Å²) < 4.78 is 0. The lowest BCUT2D eigenvalue weighted by Crippen LogP contribution is -2.32. The van der Waals surface area contributed by atoms with Gasteiger partial charge in [0, 0.05) is 26.2 Å². The number of hydrogen-bond donors (Lipinski definition) is 0. The molecule has 0 aliphatic carbocycles. The van der Waals surface area contributed by atoms with Gasteiger partial charge in [-0.05, 0) is 25.1 Å². The van der Waals surface area contributed by atoms with Gasteiger partial charge in [-0.3, -0.25) is 0 Å². The highest BCUT2D eigenvalue weighted by Crippen LogP contribution is 2.12. The topological polar surface area (TPSA) is 6.48 Å². The summed E-state index contributed by atoms with van der Waals surface area (Å²) in [6, 6.07) is 0. The van der Waals surface area contributed by atoms with Crippen molar-refractivity contribution >= 4 is 17.3 Å². The molecule has 0 N–H and O–H groups in total. The molecular weight excluding hydrogens is 216 g/mol. The Hall–Kier alpha value is -0.310. The molecule has 0 unspecified atom stereocenters. The first-order chi connectivity index (χ1) is 7.79. The van der Waals surface area contributed by atoms with Crippen LogP contribution in [0.5, 0.6) is 0 Å². The number of rotatable bonds is 8. The van der Waals surface area contributed by atoms with Crippen LogP contribution >= 0.6 is 12.2 Å². The Labute approximate surface area is 106 Å². The fourth-order valence-corrected chi connectivity index (χ4v) is 2.52. The van der Waals surface area contributed by atoms with Crippen LogP contribution in [0.4, 0.5) is 0 Å². The van der Waals surface area contributed by atoms with Crippen molar-refractivity contribution in [2.45, 2.75) is 52.4 Å². The number of nitrogens with zero attached hydrogens (tertiary/aromatic N) is 2. The maximum Gasteiger partial charge on any atom is 0.171 e. The Bertz CT molecular complexity index is 186. The van der Waals surface area contributed by atoms with Crippen LogP contribution in [0.1, 0.15) is 52.4 Å². The Morgan fingerprint density at radius 2 is 1.31 bits per heavy atom. The first kappa shape index (κ1) is 13.8. The van der Waals surface area contributed by atoms with Crippen LogP contribution < -0.4 is 0 Å². The van der Waals surface area contributed by atoms with Gasteiger partial charge in [-0.2, -0.15) is 0 Å². The second-order valence-electron chi connectivity index (χ2n) is 4.67. The number of thiocarbonyl (C=S) groups is 1. The first-order valence-corrected chi connectivity index (χ1v) is 7.24. The predicted molar refractivity (Wildman–Crippen MR) is 74.8 cm³/mol. The molecule has 1 saturated heterocycles. The van der Waals surface area contributed by atoms with E-state index in [0.717, 1.165) is 31.3 Å². The second kappa shape index (κ2) is 7.88. The molecule has 0 aromatic heterocycles. The summed E-state index contributed by atoms with van der Waals surface area (Å²) in [6.07, 6.45) is 7.82. The van der Waals surface area contributed by atoms with Gasteiger partial charge in [-0.25, -0.2) is 0 Å². The third-order valence-corrected chi connectivity index (χ3v) is 3.76. The van der Waals surface area contributed by atoms with E-state index in [1.165, 1.54) is 38.5 Å². The van der Waals surface area contributed by atoms with Gasteiger partial charge < -0.3 is 9.80 Å². The Kier molecular flexibility index (Phi) is 6.78. The van der Waals surface area contributed by atoms with Crippen LogP contribution in [0.2, 0.25) is 0 Å². The molecule has 1 aliphatic heterocycles. The number of hydrogen-bond acceptors (Lipinski definition) is 1. The minimum absolute atomic E-state index is 1.10. The summed E-state index contributed by atoms with van der Waals surface area (Å²) in [5.74, 6) is 0. The molecule has 0 bridgehead atoms. The van der Waals surface area contributed by atoms with Crippen molar-refractivity contribution in [1.29, 1.82) is 0 Å². The summed E-state index contributed by atoms with van der Waals surface area (Å²) in [5.41, 5.74) is 0. The lowest BCUT2D eigenvalue weighted by atomic mass is 10.2. The lowest BCUT2D eigenvalue weighted by Gasteiger charge is -2.21. The van der Waals surface area contributed by atoms with Gasteiger partial charge in [0.1, 0.15) is 0 Å². The summed E-state index contributed by atoms with van der Waals surface area (Å²) in [7, 11) is 0. The van der Waals surface area contributed by atoms with Gasteiger partial charge in [0.05, 0.1) is 0 Å². The molecule has 16 heavy (non-hydrogen) atoms. The molecule has 0 aromatic rings. The highest BCUT2D eigenvalue weighted by molar-refractivity contribution is 7.80. The van der Waals surface area contributed by atoms with Gasteiger partial charge in [-0.15, -0.1) is 0 Å². The van der Waals surface area contributed by atoms with E-state index in [1.54, 1.807) is 0 Å². The van der Waals surface area contributed by atoms with E-state index < -0.39 is 0 Å². The first-order valence-electron chi connectivity index (χ1n) is 6.83. The fraction of sp³-hybridized carbons (Fsp3) is 0.923. The maximum absolute atomic E-state index is 5.51. The lowest BCUT2D eigenvalue weighted by molar-refractivity contribution is 0.443. The monoisotopic (exact) mass is 242 g/mol. The van der Waals surface area contributed by atoms with Crippen molar-refractivity contribution in [2.75, 3.05) is 26.2 Å². The van der Waals surface area contributed by atoms with Crippen molar-refractivity contribution < 1.29 is 0 Å². The van der Waals surface area contributed by atoms with Crippen molar-refractivity contribution in [1.82, 2.24) is 9.80 Å². The van der Waals surface area contributed by atoms with Crippen LogP contribution in [0.25, 0.3) is 0 Å². The molecule has 3 heteroatoms. The molecule has 0 aromatic carbocycles. The molecule has 0 radical (unpaired) electrons. The molecule has 0 atom stereocenters. The number of unbranched alkanes of at least 4 members (excludes halogenated alkanes) is 4. The quantitative estimate of drug-likeness (QED) is 0.476. The maximum atomic E-state index is 5.51. The molecule has 0 saturated carbocycles. The summed E-state index contributed by atoms with van der Waals surface area (Å²) in [5, 5.41) is 1.10. The van der Waals surface area contributed by atoms with Gasteiger partial charge in [0.15, 0.2) is 5.11 Å². The van der Waals surface area contributed by atoms with E-state index in [9.17, 15) is 0 Å². The van der Waals surface area contributed by atoms with Crippen molar-refractivity contribution in [2.24, 2.45) is 0 Å². The Morgan fingerprint density at radius 1 is 0.875 bits per heavy atom.